The minimum Gasteiger partial charge on any atom is -0.353 e. The Morgan fingerprint density at radius 2 is 1.76 bits per heavy atom. The Labute approximate surface area is 193 Å². The van der Waals surface area contributed by atoms with Gasteiger partial charge in [0.05, 0.1) is 17.8 Å². The smallest absolute Gasteiger partial charge is 0.254 e. The molecule has 0 radical (unpaired) electrons. The maximum Gasteiger partial charge on any atom is 0.254 e. The van der Waals surface area contributed by atoms with Crippen LogP contribution in [0.3, 0.4) is 0 Å². The molecule has 0 aliphatic carbocycles. The molecular weight excluding hydrogens is 419 g/mol. The van der Waals surface area contributed by atoms with Crippen LogP contribution in [-0.2, 0) is 4.79 Å². The highest BCUT2D eigenvalue weighted by molar-refractivity contribution is 5.96. The number of nitrogens with zero attached hydrogens (tertiary/aromatic N) is 3. The lowest BCUT2D eigenvalue weighted by molar-refractivity contribution is -0.117. The Bertz CT molecular complexity index is 1100. The van der Waals surface area contributed by atoms with Crippen LogP contribution in [0.2, 0.25) is 0 Å². The second kappa shape index (κ2) is 10.3. The Morgan fingerprint density at radius 3 is 2.39 bits per heavy atom. The van der Waals surface area contributed by atoms with Crippen LogP contribution in [0.15, 0.2) is 72.9 Å². The number of benzene rings is 2. The van der Waals surface area contributed by atoms with E-state index in [1.165, 1.54) is 12.1 Å². The molecule has 4 rings (SSSR count). The number of amides is 2. The van der Waals surface area contributed by atoms with Gasteiger partial charge in [0.1, 0.15) is 11.6 Å². The minimum atomic E-state index is -0.412. The largest absolute Gasteiger partial charge is 0.353 e. The molecule has 2 aromatic carbocycles. The topological polar surface area (TPSA) is 65.5 Å². The Kier molecular flexibility index (Phi) is 6.98. The van der Waals surface area contributed by atoms with E-state index in [0.717, 1.165) is 11.4 Å². The average Bonchev–Trinajstić information content (AvgIpc) is 2.85. The standard InChI is InChI=1S/C26H27FN4O2/c1-2-23(19-7-4-3-5-8-19)25(32)29-22-11-12-24(28-18-22)30-13-15-31(16-14-30)26(33)20-9-6-10-21(27)17-20/h3-12,17-18,23H,2,13-16H2,1H3,(H,29,32). The van der Waals surface area contributed by atoms with Crippen molar-refractivity contribution in [2.45, 2.75) is 19.3 Å². The molecule has 1 atom stereocenters. The van der Waals surface area contributed by atoms with E-state index in [1.54, 1.807) is 23.2 Å². The van der Waals surface area contributed by atoms with Gasteiger partial charge in [-0.2, -0.15) is 0 Å². The number of aromatic nitrogens is 1. The van der Waals surface area contributed by atoms with Crippen LogP contribution >= 0.6 is 0 Å². The van der Waals surface area contributed by atoms with Crippen molar-refractivity contribution in [2.24, 2.45) is 0 Å². The molecule has 1 saturated heterocycles. The number of rotatable bonds is 6. The predicted molar refractivity (Wildman–Crippen MR) is 127 cm³/mol. The van der Waals surface area contributed by atoms with E-state index in [9.17, 15) is 14.0 Å². The summed E-state index contributed by atoms with van der Waals surface area (Å²) in [4.78, 5) is 33.7. The van der Waals surface area contributed by atoms with Crippen molar-refractivity contribution >= 4 is 23.3 Å². The van der Waals surface area contributed by atoms with Gasteiger partial charge in [0.2, 0.25) is 5.91 Å². The Balaban J connectivity index is 1.33. The molecule has 2 heterocycles. The lowest BCUT2D eigenvalue weighted by Crippen LogP contribution is -2.49. The van der Waals surface area contributed by atoms with Gasteiger partial charge in [0, 0.05) is 31.7 Å². The molecule has 0 saturated carbocycles. The van der Waals surface area contributed by atoms with Gasteiger partial charge in [-0.1, -0.05) is 43.3 Å². The van der Waals surface area contributed by atoms with Gasteiger partial charge in [0.25, 0.3) is 5.91 Å². The molecule has 6 nitrogen and oxygen atoms in total. The first-order chi connectivity index (χ1) is 16.0. The first-order valence-electron chi connectivity index (χ1n) is 11.2. The highest BCUT2D eigenvalue weighted by Crippen LogP contribution is 2.22. The number of piperazine rings is 1. The maximum absolute atomic E-state index is 13.4. The number of halogens is 1. The number of anilines is 2. The van der Waals surface area contributed by atoms with Crippen molar-refractivity contribution in [2.75, 3.05) is 36.4 Å². The monoisotopic (exact) mass is 446 g/mol. The normalized spacial score (nSPS) is 14.6. The van der Waals surface area contributed by atoms with Gasteiger partial charge in [-0.05, 0) is 42.3 Å². The summed E-state index contributed by atoms with van der Waals surface area (Å²) < 4.78 is 13.4. The molecule has 170 valence electrons. The van der Waals surface area contributed by atoms with E-state index in [2.05, 4.69) is 15.2 Å². The van der Waals surface area contributed by atoms with Gasteiger partial charge in [-0.25, -0.2) is 9.37 Å². The summed E-state index contributed by atoms with van der Waals surface area (Å²) >= 11 is 0. The van der Waals surface area contributed by atoms with Crippen molar-refractivity contribution in [3.8, 4) is 0 Å². The third-order valence-electron chi connectivity index (χ3n) is 5.90. The number of carbonyl (C=O) groups excluding carboxylic acids is 2. The molecule has 1 aromatic heterocycles. The van der Waals surface area contributed by atoms with Gasteiger partial charge in [0.15, 0.2) is 0 Å². The van der Waals surface area contributed by atoms with Crippen LogP contribution in [0, 0.1) is 5.82 Å². The summed E-state index contributed by atoms with van der Waals surface area (Å²) in [5.74, 6) is -0.0489. The van der Waals surface area contributed by atoms with Crippen molar-refractivity contribution < 1.29 is 14.0 Å². The number of pyridine rings is 1. The van der Waals surface area contributed by atoms with Crippen LogP contribution in [-0.4, -0.2) is 47.9 Å². The first kappa shape index (κ1) is 22.5. The maximum atomic E-state index is 13.4. The van der Waals surface area contributed by atoms with Gasteiger partial charge in [-0.3, -0.25) is 9.59 Å². The summed E-state index contributed by atoms with van der Waals surface area (Å²) in [5.41, 5.74) is 2.01. The lowest BCUT2D eigenvalue weighted by atomic mass is 9.95. The first-order valence-corrected chi connectivity index (χ1v) is 11.2. The summed E-state index contributed by atoms with van der Waals surface area (Å²) in [6.07, 6.45) is 2.37. The molecule has 1 N–H and O–H groups in total. The molecule has 1 unspecified atom stereocenters. The lowest BCUT2D eigenvalue weighted by Gasteiger charge is -2.35. The van der Waals surface area contributed by atoms with Crippen molar-refractivity contribution in [1.82, 2.24) is 9.88 Å². The summed E-state index contributed by atoms with van der Waals surface area (Å²) in [5, 5.41) is 2.96. The molecule has 2 amide bonds. The number of hydrogen-bond donors (Lipinski definition) is 1. The van der Waals surface area contributed by atoms with Crippen LogP contribution in [0.1, 0.15) is 35.2 Å². The van der Waals surface area contributed by atoms with Crippen LogP contribution in [0.4, 0.5) is 15.9 Å². The van der Waals surface area contributed by atoms with Crippen molar-refractivity contribution in [1.29, 1.82) is 0 Å². The van der Waals surface area contributed by atoms with Gasteiger partial charge >= 0.3 is 0 Å². The van der Waals surface area contributed by atoms with Crippen LogP contribution in [0.5, 0.6) is 0 Å². The third kappa shape index (κ3) is 5.37. The van der Waals surface area contributed by atoms with Crippen molar-refractivity contribution in [3.63, 3.8) is 0 Å². The van der Waals surface area contributed by atoms with E-state index in [4.69, 9.17) is 0 Å². The Hall–Kier alpha value is -3.74. The van der Waals surface area contributed by atoms with E-state index in [-0.39, 0.29) is 17.7 Å². The third-order valence-corrected chi connectivity index (χ3v) is 5.90. The fraction of sp³-hybridized carbons (Fsp3) is 0.269. The fourth-order valence-electron chi connectivity index (χ4n) is 4.08. The molecule has 7 heteroatoms. The highest BCUT2D eigenvalue weighted by Gasteiger charge is 2.23. The van der Waals surface area contributed by atoms with Gasteiger partial charge in [-0.15, -0.1) is 0 Å². The molecule has 0 bridgehead atoms. The van der Waals surface area contributed by atoms with E-state index in [1.807, 2.05) is 49.4 Å². The molecule has 33 heavy (non-hydrogen) atoms. The molecule has 1 aliphatic heterocycles. The zero-order valence-corrected chi connectivity index (χ0v) is 18.6. The molecule has 0 spiro atoms. The summed E-state index contributed by atoms with van der Waals surface area (Å²) in [7, 11) is 0. The molecule has 1 fully saturated rings. The van der Waals surface area contributed by atoms with E-state index < -0.39 is 5.82 Å². The van der Waals surface area contributed by atoms with Crippen LogP contribution < -0.4 is 10.2 Å². The number of carbonyl (C=O) groups is 2. The Morgan fingerprint density at radius 1 is 1.00 bits per heavy atom. The summed E-state index contributed by atoms with van der Waals surface area (Å²) in [6, 6.07) is 19.3. The van der Waals surface area contributed by atoms with Crippen molar-refractivity contribution in [3.05, 3.63) is 89.9 Å². The SMILES string of the molecule is CCC(C(=O)Nc1ccc(N2CCN(C(=O)c3cccc(F)c3)CC2)nc1)c1ccccc1. The zero-order chi connectivity index (χ0) is 23.2. The average molecular weight is 447 g/mol. The molecular formula is C26H27FN4O2. The quantitative estimate of drug-likeness (QED) is 0.613. The molecule has 1 aliphatic rings. The van der Waals surface area contributed by atoms with E-state index >= 15 is 0 Å². The predicted octanol–water partition coefficient (Wildman–Crippen LogP) is 4.32. The number of nitrogens with one attached hydrogen (secondary N) is 1. The van der Waals surface area contributed by atoms with E-state index in [0.29, 0.717) is 43.9 Å². The molecule has 3 aromatic rings. The second-order valence-electron chi connectivity index (χ2n) is 8.06. The summed E-state index contributed by atoms with van der Waals surface area (Å²) in [6.45, 7) is 4.32. The van der Waals surface area contributed by atoms with Crippen LogP contribution in [0.25, 0.3) is 0 Å². The fourth-order valence-corrected chi connectivity index (χ4v) is 4.08. The minimum absolute atomic E-state index is 0.0530. The second-order valence-corrected chi connectivity index (χ2v) is 8.06. The zero-order valence-electron chi connectivity index (χ0n) is 18.6. The van der Waals surface area contributed by atoms with Gasteiger partial charge < -0.3 is 15.1 Å². The number of hydrogen-bond acceptors (Lipinski definition) is 4. The highest BCUT2D eigenvalue weighted by atomic mass is 19.1.